The molecule has 7 nitrogen and oxygen atoms in total. The molecule has 0 spiro atoms. The van der Waals surface area contributed by atoms with Crippen LogP contribution in [0.1, 0.15) is 16.9 Å². The number of halogens is 1. The maximum absolute atomic E-state index is 13.3. The Morgan fingerprint density at radius 2 is 1.85 bits per heavy atom. The number of amides is 1. The van der Waals surface area contributed by atoms with Crippen molar-refractivity contribution in [2.45, 2.75) is 19.1 Å². The normalized spacial score (nSPS) is 18.3. The molecule has 2 aromatic carbocycles. The summed E-state index contributed by atoms with van der Waals surface area (Å²) in [6.45, 7) is 4.11. The molecule has 0 saturated carbocycles. The van der Waals surface area contributed by atoms with E-state index >= 15 is 0 Å². The molecular weight excluding hydrogens is 454 g/mol. The second kappa shape index (κ2) is 9.70. The van der Waals surface area contributed by atoms with Gasteiger partial charge in [0.15, 0.2) is 11.5 Å². The van der Waals surface area contributed by atoms with Crippen molar-refractivity contribution in [3.63, 3.8) is 0 Å². The fraction of sp³-hybridized carbons (Fsp3) is 0.346. The fourth-order valence-corrected chi connectivity index (χ4v) is 4.74. The second-order valence-corrected chi connectivity index (χ2v) is 9.13. The van der Waals surface area contributed by atoms with Crippen molar-refractivity contribution in [3.05, 3.63) is 65.4 Å². The summed E-state index contributed by atoms with van der Waals surface area (Å²) in [5, 5.41) is 10.3. The largest absolute Gasteiger partial charge is 0.493 e. The summed E-state index contributed by atoms with van der Waals surface area (Å²) in [4.78, 5) is 17.3. The van der Waals surface area contributed by atoms with E-state index in [-0.39, 0.29) is 12.0 Å². The number of aromatic nitrogens is 1. The summed E-state index contributed by atoms with van der Waals surface area (Å²) in [6, 6.07) is 15.2. The maximum atomic E-state index is 13.3. The molecule has 1 atom stereocenters. The van der Waals surface area contributed by atoms with Crippen LogP contribution in [0.3, 0.4) is 0 Å². The van der Waals surface area contributed by atoms with Gasteiger partial charge in [0.05, 0.1) is 13.2 Å². The summed E-state index contributed by atoms with van der Waals surface area (Å²) >= 11 is 6.01. The number of carbonyl (C=O) groups excluding carboxylic acids is 1. The minimum Gasteiger partial charge on any atom is -0.493 e. The van der Waals surface area contributed by atoms with E-state index in [4.69, 9.17) is 21.1 Å². The lowest BCUT2D eigenvalue weighted by atomic mass is 10.1. The van der Waals surface area contributed by atoms with Crippen molar-refractivity contribution < 1.29 is 19.4 Å². The van der Waals surface area contributed by atoms with Crippen molar-refractivity contribution >= 4 is 23.2 Å². The third-order valence-corrected chi connectivity index (χ3v) is 6.73. The zero-order valence-electron chi connectivity index (χ0n) is 19.1. The van der Waals surface area contributed by atoms with Crippen LogP contribution in [-0.2, 0) is 6.54 Å². The van der Waals surface area contributed by atoms with Crippen molar-refractivity contribution in [2.75, 3.05) is 44.8 Å². The standard InChI is InChI=1S/C26H28ClN3O4/c1-33-25-15-21(6-7-24(25)34-13-12-28-9-8-22(31)17-28)30-11-10-29-16-19(14-23(29)26(30)32)18-2-4-20(27)5-3-18/h2-7,14-16,22,31H,8-13,17H2,1H3/t22-/m1/s1. The molecule has 1 amide bonds. The molecule has 0 radical (unpaired) electrons. The van der Waals surface area contributed by atoms with Crippen molar-refractivity contribution in [2.24, 2.45) is 0 Å². The number of methoxy groups -OCH3 is 1. The molecule has 2 aliphatic heterocycles. The molecule has 34 heavy (non-hydrogen) atoms. The van der Waals surface area contributed by atoms with E-state index in [2.05, 4.69) is 4.90 Å². The highest BCUT2D eigenvalue weighted by atomic mass is 35.5. The molecule has 1 saturated heterocycles. The number of aliphatic hydroxyl groups excluding tert-OH is 1. The first-order chi connectivity index (χ1) is 16.5. The van der Waals surface area contributed by atoms with E-state index in [1.807, 2.05) is 59.3 Å². The summed E-state index contributed by atoms with van der Waals surface area (Å²) in [5.41, 5.74) is 3.45. The highest BCUT2D eigenvalue weighted by molar-refractivity contribution is 6.30. The molecule has 0 aliphatic carbocycles. The van der Waals surface area contributed by atoms with Gasteiger partial charge in [-0.25, -0.2) is 0 Å². The first-order valence-electron chi connectivity index (χ1n) is 11.5. The Labute approximate surface area is 204 Å². The molecule has 1 fully saturated rings. The van der Waals surface area contributed by atoms with Crippen molar-refractivity contribution in [1.82, 2.24) is 9.47 Å². The van der Waals surface area contributed by atoms with Gasteiger partial charge >= 0.3 is 0 Å². The lowest BCUT2D eigenvalue weighted by Gasteiger charge is -2.29. The quantitative estimate of drug-likeness (QED) is 0.554. The summed E-state index contributed by atoms with van der Waals surface area (Å²) in [7, 11) is 1.60. The van der Waals surface area contributed by atoms with Crippen LogP contribution in [0.15, 0.2) is 54.7 Å². The molecule has 3 heterocycles. The highest BCUT2D eigenvalue weighted by Gasteiger charge is 2.27. The molecule has 5 rings (SSSR count). The number of β-amino-alcohol motifs (C(OH)–C–C–N with tert-alkyl or cyclic N) is 1. The van der Waals surface area contributed by atoms with Gasteiger partial charge in [0.2, 0.25) is 0 Å². The summed E-state index contributed by atoms with van der Waals surface area (Å²) in [6.07, 6.45) is 2.59. The van der Waals surface area contributed by atoms with Gasteiger partial charge in [0, 0.05) is 61.3 Å². The molecule has 3 aromatic rings. The van der Waals surface area contributed by atoms with Gasteiger partial charge in [-0.05, 0) is 42.3 Å². The smallest absolute Gasteiger partial charge is 0.274 e. The molecule has 0 bridgehead atoms. The Morgan fingerprint density at radius 1 is 1.03 bits per heavy atom. The van der Waals surface area contributed by atoms with Crippen molar-refractivity contribution in [1.29, 1.82) is 0 Å². The molecule has 178 valence electrons. The number of nitrogens with zero attached hydrogens (tertiary/aromatic N) is 3. The van der Waals surface area contributed by atoms with E-state index in [0.717, 1.165) is 36.3 Å². The van der Waals surface area contributed by atoms with Crippen LogP contribution in [-0.4, -0.2) is 66.5 Å². The first kappa shape index (κ1) is 22.8. The van der Waals surface area contributed by atoms with E-state index < -0.39 is 0 Å². The molecular formula is C26H28ClN3O4. The number of fused-ring (bicyclic) bond motifs is 1. The number of hydrogen-bond donors (Lipinski definition) is 1. The monoisotopic (exact) mass is 481 g/mol. The van der Waals surface area contributed by atoms with E-state index in [9.17, 15) is 9.90 Å². The predicted octanol–water partition coefficient (Wildman–Crippen LogP) is 3.92. The Balaban J connectivity index is 1.29. The van der Waals surface area contributed by atoms with Gasteiger partial charge in [-0.15, -0.1) is 0 Å². The SMILES string of the molecule is COc1cc(N2CCn3cc(-c4ccc(Cl)cc4)cc3C2=O)ccc1OCCN1CC[C@@H](O)C1. The lowest BCUT2D eigenvalue weighted by molar-refractivity contribution is 0.0965. The second-order valence-electron chi connectivity index (χ2n) is 8.70. The Bertz CT molecular complexity index is 1180. The van der Waals surface area contributed by atoms with E-state index in [1.165, 1.54) is 0 Å². The highest BCUT2D eigenvalue weighted by Crippen LogP contribution is 2.34. The molecule has 2 aliphatic rings. The topological polar surface area (TPSA) is 67.2 Å². The van der Waals surface area contributed by atoms with E-state index in [1.54, 1.807) is 12.0 Å². The van der Waals surface area contributed by atoms with Gasteiger partial charge in [-0.1, -0.05) is 23.7 Å². The van der Waals surface area contributed by atoms with Crippen LogP contribution in [0.25, 0.3) is 11.1 Å². The molecule has 8 heteroatoms. The number of likely N-dealkylation sites (tertiary alicyclic amines) is 1. The number of rotatable bonds is 7. The average Bonchev–Trinajstić information content (AvgIpc) is 3.47. The van der Waals surface area contributed by atoms with E-state index in [0.29, 0.717) is 48.5 Å². The third kappa shape index (κ3) is 4.64. The van der Waals surface area contributed by atoms with Crippen LogP contribution in [0, 0.1) is 0 Å². The van der Waals surface area contributed by atoms with Gasteiger partial charge < -0.3 is 24.0 Å². The molecule has 0 unspecified atom stereocenters. The van der Waals surface area contributed by atoms with Crippen LogP contribution in [0.2, 0.25) is 5.02 Å². The predicted molar refractivity (Wildman–Crippen MR) is 132 cm³/mol. The number of carbonyl (C=O) groups is 1. The van der Waals surface area contributed by atoms with Crippen molar-refractivity contribution in [3.8, 4) is 22.6 Å². The fourth-order valence-electron chi connectivity index (χ4n) is 4.61. The zero-order valence-corrected chi connectivity index (χ0v) is 19.9. The number of ether oxygens (including phenoxy) is 2. The van der Waals surface area contributed by atoms with Gasteiger partial charge in [-0.3, -0.25) is 9.69 Å². The summed E-state index contributed by atoms with van der Waals surface area (Å²) < 4.78 is 13.5. The lowest BCUT2D eigenvalue weighted by Crippen LogP contribution is -2.39. The number of aliphatic hydroxyl groups is 1. The minimum absolute atomic E-state index is 0.0465. The minimum atomic E-state index is -0.237. The Kier molecular flexibility index (Phi) is 6.50. The zero-order chi connectivity index (χ0) is 23.7. The average molecular weight is 482 g/mol. The summed E-state index contributed by atoms with van der Waals surface area (Å²) in [5.74, 6) is 1.19. The van der Waals surface area contributed by atoms with Gasteiger partial charge in [0.25, 0.3) is 5.91 Å². The van der Waals surface area contributed by atoms with Crippen LogP contribution in [0.5, 0.6) is 11.5 Å². The van der Waals surface area contributed by atoms with Crippen LogP contribution < -0.4 is 14.4 Å². The number of hydrogen-bond acceptors (Lipinski definition) is 5. The third-order valence-electron chi connectivity index (χ3n) is 6.47. The molecule has 1 N–H and O–H groups in total. The van der Waals surface area contributed by atoms with Gasteiger partial charge in [-0.2, -0.15) is 0 Å². The Morgan fingerprint density at radius 3 is 2.59 bits per heavy atom. The maximum Gasteiger partial charge on any atom is 0.274 e. The van der Waals surface area contributed by atoms with Crippen LogP contribution >= 0.6 is 11.6 Å². The van der Waals surface area contributed by atoms with Gasteiger partial charge in [0.1, 0.15) is 12.3 Å². The van der Waals surface area contributed by atoms with Crippen LogP contribution in [0.4, 0.5) is 5.69 Å². The Hall–Kier alpha value is -3.00. The number of benzene rings is 2. The molecule has 1 aromatic heterocycles. The number of anilines is 1. The first-order valence-corrected chi connectivity index (χ1v) is 11.9.